The third-order valence-corrected chi connectivity index (χ3v) is 3.85. The van der Waals surface area contributed by atoms with Gasteiger partial charge in [-0.15, -0.1) is 0 Å². The SMILES string of the molecule is Cc1ccccc1Nc1ccnc(-c2ccc(Br)cc2)c1. The minimum atomic E-state index is 0.959. The summed E-state index contributed by atoms with van der Waals surface area (Å²) >= 11 is 3.45. The van der Waals surface area contributed by atoms with Gasteiger partial charge in [0.2, 0.25) is 0 Å². The van der Waals surface area contributed by atoms with E-state index in [0.29, 0.717) is 0 Å². The summed E-state index contributed by atoms with van der Waals surface area (Å²) in [5.74, 6) is 0. The van der Waals surface area contributed by atoms with E-state index in [0.717, 1.165) is 27.1 Å². The van der Waals surface area contributed by atoms with E-state index >= 15 is 0 Å². The minimum Gasteiger partial charge on any atom is -0.355 e. The molecule has 0 aliphatic carbocycles. The van der Waals surface area contributed by atoms with Gasteiger partial charge in [-0.3, -0.25) is 4.98 Å². The van der Waals surface area contributed by atoms with Gasteiger partial charge in [-0.2, -0.15) is 0 Å². The average molecular weight is 339 g/mol. The van der Waals surface area contributed by atoms with Crippen LogP contribution in [0, 0.1) is 6.92 Å². The van der Waals surface area contributed by atoms with Crippen LogP contribution in [-0.4, -0.2) is 4.98 Å². The Kier molecular flexibility index (Phi) is 4.02. The number of hydrogen-bond acceptors (Lipinski definition) is 2. The highest BCUT2D eigenvalue weighted by molar-refractivity contribution is 9.10. The van der Waals surface area contributed by atoms with Gasteiger partial charge in [-0.1, -0.05) is 46.3 Å². The van der Waals surface area contributed by atoms with Crippen LogP contribution in [0.4, 0.5) is 11.4 Å². The molecule has 3 aromatic rings. The zero-order valence-corrected chi connectivity index (χ0v) is 13.3. The maximum Gasteiger partial charge on any atom is 0.0722 e. The van der Waals surface area contributed by atoms with Crippen molar-refractivity contribution in [2.75, 3.05) is 5.32 Å². The molecule has 0 radical (unpaired) electrons. The first-order chi connectivity index (χ1) is 10.2. The van der Waals surface area contributed by atoms with Crippen molar-refractivity contribution < 1.29 is 0 Å². The fourth-order valence-corrected chi connectivity index (χ4v) is 2.42. The van der Waals surface area contributed by atoms with Gasteiger partial charge in [0, 0.05) is 27.6 Å². The van der Waals surface area contributed by atoms with Crippen LogP contribution in [0.3, 0.4) is 0 Å². The van der Waals surface area contributed by atoms with E-state index in [9.17, 15) is 0 Å². The van der Waals surface area contributed by atoms with Crippen LogP contribution < -0.4 is 5.32 Å². The molecule has 0 aliphatic rings. The molecule has 0 saturated carbocycles. The molecule has 1 N–H and O–H groups in total. The van der Waals surface area contributed by atoms with Crippen molar-refractivity contribution in [3.63, 3.8) is 0 Å². The number of benzene rings is 2. The van der Waals surface area contributed by atoms with Crippen molar-refractivity contribution in [1.82, 2.24) is 4.98 Å². The second-order valence-electron chi connectivity index (χ2n) is 4.88. The van der Waals surface area contributed by atoms with E-state index in [1.165, 1.54) is 5.56 Å². The van der Waals surface area contributed by atoms with E-state index in [4.69, 9.17) is 0 Å². The molecule has 0 fully saturated rings. The maximum atomic E-state index is 4.45. The topological polar surface area (TPSA) is 24.9 Å². The van der Waals surface area contributed by atoms with Gasteiger partial charge >= 0.3 is 0 Å². The Labute approximate surface area is 133 Å². The highest BCUT2D eigenvalue weighted by Gasteiger charge is 2.02. The Morgan fingerprint density at radius 3 is 2.48 bits per heavy atom. The van der Waals surface area contributed by atoms with E-state index < -0.39 is 0 Å². The summed E-state index contributed by atoms with van der Waals surface area (Å²) in [6.07, 6.45) is 1.83. The molecule has 2 aromatic carbocycles. The molecule has 0 bridgehead atoms. The van der Waals surface area contributed by atoms with Crippen LogP contribution in [0.5, 0.6) is 0 Å². The largest absolute Gasteiger partial charge is 0.355 e. The number of nitrogens with one attached hydrogen (secondary N) is 1. The summed E-state index contributed by atoms with van der Waals surface area (Å²) in [6, 6.07) is 20.5. The second-order valence-corrected chi connectivity index (χ2v) is 5.79. The Morgan fingerprint density at radius 1 is 0.952 bits per heavy atom. The molecule has 1 aromatic heterocycles. The summed E-state index contributed by atoms with van der Waals surface area (Å²) in [4.78, 5) is 4.45. The molecular weight excluding hydrogens is 324 g/mol. The highest BCUT2D eigenvalue weighted by atomic mass is 79.9. The quantitative estimate of drug-likeness (QED) is 0.675. The summed E-state index contributed by atoms with van der Waals surface area (Å²) in [6.45, 7) is 2.10. The molecule has 0 spiro atoms. The summed E-state index contributed by atoms with van der Waals surface area (Å²) in [5.41, 5.74) is 5.44. The lowest BCUT2D eigenvalue weighted by Crippen LogP contribution is -1.94. The predicted octanol–water partition coefficient (Wildman–Crippen LogP) is 5.56. The van der Waals surface area contributed by atoms with Crippen molar-refractivity contribution in [3.8, 4) is 11.3 Å². The van der Waals surface area contributed by atoms with E-state index in [1.807, 2.05) is 36.5 Å². The molecule has 3 rings (SSSR count). The van der Waals surface area contributed by atoms with E-state index in [-0.39, 0.29) is 0 Å². The number of halogens is 1. The molecule has 1 heterocycles. The Balaban J connectivity index is 1.90. The number of anilines is 2. The number of pyridine rings is 1. The van der Waals surface area contributed by atoms with Crippen molar-refractivity contribution in [1.29, 1.82) is 0 Å². The van der Waals surface area contributed by atoms with E-state index in [1.54, 1.807) is 0 Å². The Morgan fingerprint density at radius 2 is 1.71 bits per heavy atom. The summed E-state index contributed by atoms with van der Waals surface area (Å²) in [7, 11) is 0. The monoisotopic (exact) mass is 338 g/mol. The number of rotatable bonds is 3. The number of aromatic nitrogens is 1. The zero-order valence-electron chi connectivity index (χ0n) is 11.7. The maximum absolute atomic E-state index is 4.45. The molecule has 0 saturated heterocycles. The standard InChI is InChI=1S/C18H15BrN2/c1-13-4-2-3-5-17(13)21-16-10-11-20-18(12-16)14-6-8-15(19)9-7-14/h2-12H,1H3,(H,20,21). The van der Waals surface area contributed by atoms with Crippen LogP contribution >= 0.6 is 15.9 Å². The van der Waals surface area contributed by atoms with Gasteiger partial charge in [0.25, 0.3) is 0 Å². The van der Waals surface area contributed by atoms with Crippen LogP contribution in [0.25, 0.3) is 11.3 Å². The molecule has 2 nitrogen and oxygen atoms in total. The molecular formula is C18H15BrN2. The van der Waals surface area contributed by atoms with Crippen LogP contribution in [0.1, 0.15) is 5.56 Å². The van der Waals surface area contributed by atoms with Crippen molar-refractivity contribution in [2.45, 2.75) is 6.92 Å². The number of para-hydroxylation sites is 1. The smallest absolute Gasteiger partial charge is 0.0722 e. The predicted molar refractivity (Wildman–Crippen MR) is 91.8 cm³/mol. The van der Waals surface area contributed by atoms with Gasteiger partial charge in [0.15, 0.2) is 0 Å². The second kappa shape index (κ2) is 6.10. The molecule has 0 amide bonds. The van der Waals surface area contributed by atoms with Crippen LogP contribution in [0.2, 0.25) is 0 Å². The van der Waals surface area contributed by atoms with Crippen molar-refractivity contribution in [3.05, 3.63) is 76.9 Å². The van der Waals surface area contributed by atoms with E-state index in [2.05, 4.69) is 63.5 Å². The van der Waals surface area contributed by atoms with Crippen molar-refractivity contribution >= 4 is 27.3 Å². The molecule has 3 heteroatoms. The molecule has 0 aliphatic heterocycles. The fourth-order valence-electron chi connectivity index (χ4n) is 2.16. The average Bonchev–Trinajstić information content (AvgIpc) is 2.51. The summed E-state index contributed by atoms with van der Waals surface area (Å²) in [5, 5.41) is 3.44. The first kappa shape index (κ1) is 13.8. The van der Waals surface area contributed by atoms with Crippen LogP contribution in [-0.2, 0) is 0 Å². The fraction of sp³-hybridized carbons (Fsp3) is 0.0556. The Bertz CT molecular complexity index is 751. The first-order valence-corrected chi connectivity index (χ1v) is 7.56. The lowest BCUT2D eigenvalue weighted by Gasteiger charge is -2.10. The van der Waals surface area contributed by atoms with Gasteiger partial charge in [0.05, 0.1) is 5.69 Å². The normalized spacial score (nSPS) is 10.4. The van der Waals surface area contributed by atoms with Crippen LogP contribution in [0.15, 0.2) is 71.3 Å². The lowest BCUT2D eigenvalue weighted by atomic mass is 10.1. The van der Waals surface area contributed by atoms with Gasteiger partial charge in [0.1, 0.15) is 0 Å². The van der Waals surface area contributed by atoms with Gasteiger partial charge in [-0.25, -0.2) is 0 Å². The highest BCUT2D eigenvalue weighted by Crippen LogP contribution is 2.25. The summed E-state index contributed by atoms with van der Waals surface area (Å²) < 4.78 is 1.07. The number of hydrogen-bond donors (Lipinski definition) is 1. The first-order valence-electron chi connectivity index (χ1n) is 6.77. The Hall–Kier alpha value is -2.13. The molecule has 104 valence electrons. The molecule has 0 atom stereocenters. The van der Waals surface area contributed by atoms with Crippen molar-refractivity contribution in [2.24, 2.45) is 0 Å². The van der Waals surface area contributed by atoms with Gasteiger partial charge < -0.3 is 5.32 Å². The molecule has 0 unspecified atom stereocenters. The number of nitrogens with zero attached hydrogens (tertiary/aromatic N) is 1. The molecule has 21 heavy (non-hydrogen) atoms. The third kappa shape index (κ3) is 3.31. The third-order valence-electron chi connectivity index (χ3n) is 3.32. The van der Waals surface area contributed by atoms with Gasteiger partial charge in [-0.05, 0) is 42.8 Å². The number of aryl methyl sites for hydroxylation is 1. The zero-order chi connectivity index (χ0) is 14.7. The lowest BCUT2D eigenvalue weighted by molar-refractivity contribution is 1.32. The minimum absolute atomic E-state index is 0.959.